The second-order valence-corrected chi connectivity index (χ2v) is 5.61. The predicted molar refractivity (Wildman–Crippen MR) is 77.8 cm³/mol. The van der Waals surface area contributed by atoms with Gasteiger partial charge in [0, 0.05) is 30.9 Å². The first-order chi connectivity index (χ1) is 10.0. The highest BCUT2D eigenvalue weighted by molar-refractivity contribution is 5.92. The quantitative estimate of drug-likeness (QED) is 0.931. The molecule has 21 heavy (non-hydrogen) atoms. The van der Waals surface area contributed by atoms with Crippen LogP contribution in [0.25, 0.3) is 0 Å². The van der Waals surface area contributed by atoms with Crippen LogP contribution in [0.4, 0.5) is 0 Å². The van der Waals surface area contributed by atoms with E-state index in [9.17, 15) is 4.79 Å². The summed E-state index contributed by atoms with van der Waals surface area (Å²) in [6, 6.07) is 1.55. The third-order valence-electron chi connectivity index (χ3n) is 3.71. The van der Waals surface area contributed by atoms with Crippen LogP contribution < -0.4 is 5.32 Å². The molecule has 6 heteroatoms. The molecule has 1 aliphatic carbocycles. The van der Waals surface area contributed by atoms with Crippen molar-refractivity contribution in [2.45, 2.75) is 38.6 Å². The topological polar surface area (TPSA) is 72.7 Å². The summed E-state index contributed by atoms with van der Waals surface area (Å²) in [5, 5.41) is 7.27. The zero-order valence-corrected chi connectivity index (χ0v) is 12.5. The Morgan fingerprint density at radius 3 is 2.86 bits per heavy atom. The first-order valence-electron chi connectivity index (χ1n) is 7.18. The molecule has 3 rings (SSSR count). The number of hydrogen-bond acceptors (Lipinski definition) is 4. The Kier molecular flexibility index (Phi) is 3.45. The molecule has 2 aromatic heterocycles. The van der Waals surface area contributed by atoms with E-state index in [-0.39, 0.29) is 11.9 Å². The van der Waals surface area contributed by atoms with E-state index in [0.29, 0.717) is 11.6 Å². The van der Waals surface area contributed by atoms with Gasteiger partial charge >= 0.3 is 0 Å². The van der Waals surface area contributed by atoms with Gasteiger partial charge in [0.25, 0.3) is 5.91 Å². The van der Waals surface area contributed by atoms with Crippen LogP contribution in [0.15, 0.2) is 18.5 Å². The maximum Gasteiger partial charge on any atom is 0.270 e. The highest BCUT2D eigenvalue weighted by atomic mass is 16.1. The van der Waals surface area contributed by atoms with Crippen LogP contribution in [0.5, 0.6) is 0 Å². The zero-order valence-electron chi connectivity index (χ0n) is 12.5. The number of carbonyl (C=O) groups is 1. The molecule has 1 N–H and O–H groups in total. The van der Waals surface area contributed by atoms with Crippen molar-refractivity contribution >= 4 is 5.91 Å². The minimum Gasteiger partial charge on any atom is -0.344 e. The summed E-state index contributed by atoms with van der Waals surface area (Å²) in [5.41, 5.74) is 2.37. The number of amides is 1. The van der Waals surface area contributed by atoms with Crippen molar-refractivity contribution in [3.05, 3.63) is 41.2 Å². The molecule has 0 bridgehead atoms. The molecule has 1 atom stereocenters. The number of carbonyl (C=O) groups excluding carboxylic acids is 1. The van der Waals surface area contributed by atoms with Crippen LogP contribution in [-0.4, -0.2) is 25.7 Å². The third kappa shape index (κ3) is 2.94. The maximum absolute atomic E-state index is 12.3. The predicted octanol–water partition coefficient (Wildman–Crippen LogP) is 1.89. The number of nitrogens with zero attached hydrogens (tertiary/aromatic N) is 4. The largest absolute Gasteiger partial charge is 0.344 e. The molecular weight excluding hydrogens is 266 g/mol. The van der Waals surface area contributed by atoms with E-state index in [2.05, 4.69) is 20.4 Å². The average molecular weight is 285 g/mol. The molecule has 1 saturated carbocycles. The minimum absolute atomic E-state index is 0.106. The molecule has 0 saturated heterocycles. The Bertz CT molecular complexity index is 674. The molecule has 0 aromatic carbocycles. The highest BCUT2D eigenvalue weighted by Gasteiger charge is 2.27. The first kappa shape index (κ1) is 13.7. The molecule has 0 radical (unpaired) electrons. The Morgan fingerprint density at radius 2 is 2.24 bits per heavy atom. The molecule has 1 amide bonds. The number of nitrogens with one attached hydrogen (secondary N) is 1. The minimum atomic E-state index is -0.171. The van der Waals surface area contributed by atoms with Crippen molar-refractivity contribution in [2.75, 3.05) is 0 Å². The SMILES string of the molecule is Cc1nn(C)cc1C(C)NC(=O)c1ccnc(C2CC2)n1. The lowest BCUT2D eigenvalue weighted by Gasteiger charge is -2.13. The lowest BCUT2D eigenvalue weighted by atomic mass is 10.1. The molecule has 0 aliphatic heterocycles. The van der Waals surface area contributed by atoms with Gasteiger partial charge in [-0.2, -0.15) is 5.10 Å². The molecular formula is C15H19N5O. The molecule has 1 unspecified atom stereocenters. The zero-order chi connectivity index (χ0) is 15.0. The van der Waals surface area contributed by atoms with Crippen LogP contribution in [0, 0.1) is 6.92 Å². The summed E-state index contributed by atoms with van der Waals surface area (Å²) in [6.07, 6.45) is 5.83. The number of hydrogen-bond donors (Lipinski definition) is 1. The van der Waals surface area contributed by atoms with Crippen molar-refractivity contribution in [1.29, 1.82) is 0 Å². The van der Waals surface area contributed by atoms with Gasteiger partial charge in [-0.05, 0) is 32.8 Å². The van der Waals surface area contributed by atoms with Crippen LogP contribution in [0.1, 0.15) is 59.3 Å². The van der Waals surface area contributed by atoms with Gasteiger partial charge in [0.2, 0.25) is 0 Å². The molecule has 2 heterocycles. The van der Waals surface area contributed by atoms with E-state index >= 15 is 0 Å². The Hall–Kier alpha value is -2.24. The Balaban J connectivity index is 1.73. The molecule has 6 nitrogen and oxygen atoms in total. The van der Waals surface area contributed by atoms with Gasteiger partial charge in [-0.25, -0.2) is 9.97 Å². The summed E-state index contributed by atoms with van der Waals surface area (Å²) in [6.45, 7) is 3.89. The van der Waals surface area contributed by atoms with E-state index in [1.165, 1.54) is 0 Å². The van der Waals surface area contributed by atoms with E-state index in [1.54, 1.807) is 16.9 Å². The fourth-order valence-electron chi connectivity index (χ4n) is 2.43. The lowest BCUT2D eigenvalue weighted by Crippen LogP contribution is -2.28. The van der Waals surface area contributed by atoms with Gasteiger partial charge in [-0.3, -0.25) is 9.48 Å². The van der Waals surface area contributed by atoms with E-state index in [1.807, 2.05) is 27.1 Å². The second kappa shape index (κ2) is 5.27. The maximum atomic E-state index is 12.3. The lowest BCUT2D eigenvalue weighted by molar-refractivity contribution is 0.0934. The normalized spacial score (nSPS) is 15.8. The smallest absolute Gasteiger partial charge is 0.270 e. The summed E-state index contributed by atoms with van der Waals surface area (Å²) >= 11 is 0. The van der Waals surface area contributed by atoms with Crippen molar-refractivity contribution in [3.63, 3.8) is 0 Å². The van der Waals surface area contributed by atoms with E-state index in [0.717, 1.165) is 29.9 Å². The summed E-state index contributed by atoms with van der Waals surface area (Å²) in [7, 11) is 1.87. The fourth-order valence-corrected chi connectivity index (χ4v) is 2.43. The summed E-state index contributed by atoms with van der Waals surface area (Å²) in [4.78, 5) is 20.9. The van der Waals surface area contributed by atoms with Crippen LogP contribution >= 0.6 is 0 Å². The highest BCUT2D eigenvalue weighted by Crippen LogP contribution is 2.37. The van der Waals surface area contributed by atoms with Crippen LogP contribution in [0.2, 0.25) is 0 Å². The van der Waals surface area contributed by atoms with Gasteiger partial charge in [-0.15, -0.1) is 0 Å². The monoisotopic (exact) mass is 285 g/mol. The molecule has 1 fully saturated rings. The standard InChI is InChI=1S/C15H19N5O/c1-9(12-8-20(3)19-10(12)2)17-15(21)13-6-7-16-14(18-13)11-4-5-11/h6-9,11H,4-5H2,1-3H3,(H,17,21). The van der Waals surface area contributed by atoms with E-state index < -0.39 is 0 Å². The first-order valence-corrected chi connectivity index (χ1v) is 7.18. The van der Waals surface area contributed by atoms with Gasteiger partial charge in [0.15, 0.2) is 0 Å². The summed E-state index contributed by atoms with van der Waals surface area (Å²) in [5.74, 6) is 1.05. The average Bonchev–Trinajstić information content (AvgIpc) is 3.24. The molecule has 110 valence electrons. The van der Waals surface area contributed by atoms with Crippen LogP contribution in [0.3, 0.4) is 0 Å². The Morgan fingerprint density at radius 1 is 1.48 bits per heavy atom. The molecule has 0 spiro atoms. The van der Waals surface area contributed by atoms with Crippen molar-refractivity contribution in [1.82, 2.24) is 25.1 Å². The number of aryl methyl sites for hydroxylation is 2. The fraction of sp³-hybridized carbons (Fsp3) is 0.467. The van der Waals surface area contributed by atoms with Gasteiger partial charge in [-0.1, -0.05) is 0 Å². The van der Waals surface area contributed by atoms with Gasteiger partial charge in [0.05, 0.1) is 11.7 Å². The van der Waals surface area contributed by atoms with Crippen molar-refractivity contribution < 1.29 is 4.79 Å². The van der Waals surface area contributed by atoms with E-state index in [4.69, 9.17) is 0 Å². The summed E-state index contributed by atoms with van der Waals surface area (Å²) < 4.78 is 1.75. The third-order valence-corrected chi connectivity index (χ3v) is 3.71. The Labute approximate surface area is 123 Å². The van der Waals surface area contributed by atoms with Crippen molar-refractivity contribution in [2.24, 2.45) is 7.05 Å². The molecule has 1 aliphatic rings. The van der Waals surface area contributed by atoms with Gasteiger partial charge < -0.3 is 5.32 Å². The second-order valence-electron chi connectivity index (χ2n) is 5.61. The number of rotatable bonds is 4. The van der Waals surface area contributed by atoms with Crippen molar-refractivity contribution in [3.8, 4) is 0 Å². The van der Waals surface area contributed by atoms with Crippen LogP contribution in [-0.2, 0) is 7.05 Å². The van der Waals surface area contributed by atoms with Gasteiger partial charge in [0.1, 0.15) is 11.5 Å². The molecule has 2 aromatic rings. The number of aromatic nitrogens is 4.